The fraction of sp³-hybridized carbons (Fsp3) is 0.263. The van der Waals surface area contributed by atoms with Crippen molar-refractivity contribution in [2.24, 2.45) is 9.98 Å². The molecule has 2 aromatic carbocycles. The summed E-state index contributed by atoms with van der Waals surface area (Å²) in [4.78, 5) is 8.58. The Labute approximate surface area is 142 Å². The van der Waals surface area contributed by atoms with Crippen LogP contribution in [0.25, 0.3) is 0 Å². The number of aliphatic imine (C=N–C) groups is 2. The molecule has 0 spiro atoms. The lowest BCUT2D eigenvalue weighted by Gasteiger charge is -2.01. The zero-order chi connectivity index (χ0) is 17.0. The molecule has 2 aromatic rings. The standard InChI is InChI=1S/C19H23N3O2/c23-18-8-3-1-6-16(18)14-21-11-5-10-20-12-13-22-15-17-7-2-4-9-19(17)24/h1-4,6-9,14-15,20,23-24H,5,10-13H2. The number of phenolic OH excluding ortho intramolecular Hbond substituents is 2. The maximum absolute atomic E-state index is 9.60. The molecule has 126 valence electrons. The first-order valence-corrected chi connectivity index (χ1v) is 8.04. The van der Waals surface area contributed by atoms with Gasteiger partial charge in [-0.2, -0.15) is 0 Å². The lowest BCUT2D eigenvalue weighted by Crippen LogP contribution is -2.19. The van der Waals surface area contributed by atoms with Crippen molar-refractivity contribution >= 4 is 12.4 Å². The summed E-state index contributed by atoms with van der Waals surface area (Å²) in [5.41, 5.74) is 1.47. The topological polar surface area (TPSA) is 77.2 Å². The molecule has 0 bridgehead atoms. The zero-order valence-corrected chi connectivity index (χ0v) is 13.6. The molecule has 0 atom stereocenters. The highest BCUT2D eigenvalue weighted by atomic mass is 16.3. The van der Waals surface area contributed by atoms with Crippen molar-refractivity contribution in [1.29, 1.82) is 0 Å². The van der Waals surface area contributed by atoms with E-state index in [9.17, 15) is 10.2 Å². The molecule has 0 saturated carbocycles. The van der Waals surface area contributed by atoms with E-state index < -0.39 is 0 Å². The smallest absolute Gasteiger partial charge is 0.124 e. The molecule has 24 heavy (non-hydrogen) atoms. The van der Waals surface area contributed by atoms with E-state index in [1.807, 2.05) is 24.3 Å². The van der Waals surface area contributed by atoms with Crippen LogP contribution >= 0.6 is 0 Å². The average molecular weight is 325 g/mol. The van der Waals surface area contributed by atoms with Crippen LogP contribution in [0.2, 0.25) is 0 Å². The van der Waals surface area contributed by atoms with Gasteiger partial charge in [0.25, 0.3) is 0 Å². The summed E-state index contributed by atoms with van der Waals surface area (Å²) in [6.45, 7) is 3.02. The van der Waals surface area contributed by atoms with E-state index in [0.29, 0.717) is 13.1 Å². The third kappa shape index (κ3) is 6.22. The number of phenols is 2. The van der Waals surface area contributed by atoms with Crippen molar-refractivity contribution in [2.75, 3.05) is 26.2 Å². The second-order valence-electron chi connectivity index (χ2n) is 5.29. The predicted molar refractivity (Wildman–Crippen MR) is 98.6 cm³/mol. The molecule has 0 unspecified atom stereocenters. The van der Waals surface area contributed by atoms with E-state index in [0.717, 1.165) is 30.6 Å². The SMILES string of the molecule is Oc1ccccc1C=NCCCNCCN=Cc1ccccc1O. The highest BCUT2D eigenvalue weighted by molar-refractivity contribution is 5.83. The Hall–Kier alpha value is -2.66. The molecule has 0 amide bonds. The highest BCUT2D eigenvalue weighted by Crippen LogP contribution is 2.13. The fourth-order valence-corrected chi connectivity index (χ4v) is 2.08. The molecule has 0 aliphatic heterocycles. The molecule has 2 rings (SSSR count). The molecular weight excluding hydrogens is 302 g/mol. The van der Waals surface area contributed by atoms with Crippen LogP contribution in [-0.2, 0) is 0 Å². The van der Waals surface area contributed by atoms with Crippen LogP contribution in [0, 0.1) is 0 Å². The van der Waals surface area contributed by atoms with E-state index in [4.69, 9.17) is 0 Å². The van der Waals surface area contributed by atoms with Gasteiger partial charge in [0.1, 0.15) is 11.5 Å². The monoisotopic (exact) mass is 325 g/mol. The number of nitrogens with one attached hydrogen (secondary N) is 1. The number of hydrogen-bond acceptors (Lipinski definition) is 5. The van der Waals surface area contributed by atoms with Gasteiger partial charge in [-0.05, 0) is 37.2 Å². The van der Waals surface area contributed by atoms with Crippen molar-refractivity contribution in [2.45, 2.75) is 6.42 Å². The van der Waals surface area contributed by atoms with Crippen molar-refractivity contribution in [3.05, 3.63) is 59.7 Å². The van der Waals surface area contributed by atoms with Gasteiger partial charge < -0.3 is 15.5 Å². The second kappa shape index (κ2) is 10.2. The van der Waals surface area contributed by atoms with Crippen LogP contribution in [0.5, 0.6) is 11.5 Å². The molecule has 0 aliphatic rings. The van der Waals surface area contributed by atoms with E-state index in [-0.39, 0.29) is 11.5 Å². The van der Waals surface area contributed by atoms with Gasteiger partial charge in [0.15, 0.2) is 0 Å². The molecule has 3 N–H and O–H groups in total. The largest absolute Gasteiger partial charge is 0.507 e. The van der Waals surface area contributed by atoms with Gasteiger partial charge in [-0.3, -0.25) is 9.98 Å². The Morgan fingerprint density at radius 1 is 0.750 bits per heavy atom. The summed E-state index contributed by atoms with van der Waals surface area (Å²) in [6.07, 6.45) is 4.31. The van der Waals surface area contributed by atoms with Crippen molar-refractivity contribution in [3.8, 4) is 11.5 Å². The van der Waals surface area contributed by atoms with E-state index in [1.165, 1.54) is 0 Å². The Kier molecular flexibility index (Phi) is 7.50. The van der Waals surface area contributed by atoms with Gasteiger partial charge in [0, 0.05) is 36.6 Å². The second-order valence-corrected chi connectivity index (χ2v) is 5.29. The molecular formula is C19H23N3O2. The number of hydrogen-bond donors (Lipinski definition) is 3. The first kappa shape index (κ1) is 17.7. The Morgan fingerprint density at radius 3 is 1.88 bits per heavy atom. The third-order valence-electron chi connectivity index (χ3n) is 3.39. The molecule has 5 heteroatoms. The molecule has 0 heterocycles. The number of rotatable bonds is 9. The van der Waals surface area contributed by atoms with Crippen molar-refractivity contribution in [3.63, 3.8) is 0 Å². The summed E-state index contributed by atoms with van der Waals surface area (Å²) in [5.74, 6) is 0.498. The van der Waals surface area contributed by atoms with Gasteiger partial charge in [-0.1, -0.05) is 24.3 Å². The number of aromatic hydroxyl groups is 2. The number of benzene rings is 2. The minimum atomic E-state index is 0.247. The lowest BCUT2D eigenvalue weighted by molar-refractivity contribution is 0.474. The van der Waals surface area contributed by atoms with Gasteiger partial charge in [0.05, 0.1) is 6.54 Å². The average Bonchev–Trinajstić information content (AvgIpc) is 2.59. The van der Waals surface area contributed by atoms with Crippen molar-refractivity contribution < 1.29 is 10.2 Å². The van der Waals surface area contributed by atoms with E-state index in [1.54, 1.807) is 36.7 Å². The fourth-order valence-electron chi connectivity index (χ4n) is 2.08. The van der Waals surface area contributed by atoms with Crippen LogP contribution in [0.3, 0.4) is 0 Å². The maximum atomic E-state index is 9.60. The Balaban J connectivity index is 1.54. The molecule has 0 fully saturated rings. The number of para-hydroxylation sites is 2. The first-order valence-electron chi connectivity index (χ1n) is 8.04. The minimum Gasteiger partial charge on any atom is -0.507 e. The molecule has 0 radical (unpaired) electrons. The summed E-state index contributed by atoms with van der Waals surface area (Å²) in [7, 11) is 0. The molecule has 5 nitrogen and oxygen atoms in total. The Morgan fingerprint density at radius 2 is 1.29 bits per heavy atom. The van der Waals surface area contributed by atoms with Crippen LogP contribution in [-0.4, -0.2) is 48.8 Å². The first-order chi connectivity index (χ1) is 11.8. The van der Waals surface area contributed by atoms with Gasteiger partial charge in [-0.15, -0.1) is 0 Å². The zero-order valence-electron chi connectivity index (χ0n) is 13.6. The minimum absolute atomic E-state index is 0.247. The molecule has 0 saturated heterocycles. The lowest BCUT2D eigenvalue weighted by atomic mass is 10.2. The van der Waals surface area contributed by atoms with Gasteiger partial charge in [0.2, 0.25) is 0 Å². The number of nitrogens with zero attached hydrogens (tertiary/aromatic N) is 2. The van der Waals surface area contributed by atoms with Crippen molar-refractivity contribution in [1.82, 2.24) is 5.32 Å². The predicted octanol–water partition coefficient (Wildman–Crippen LogP) is 2.62. The third-order valence-corrected chi connectivity index (χ3v) is 3.39. The summed E-state index contributed by atoms with van der Waals surface area (Å²) in [6, 6.07) is 14.3. The van der Waals surface area contributed by atoms with Crippen LogP contribution in [0.15, 0.2) is 58.5 Å². The Bertz CT molecular complexity index is 624. The quantitative estimate of drug-likeness (QED) is 0.490. The summed E-state index contributed by atoms with van der Waals surface area (Å²) >= 11 is 0. The normalized spacial score (nSPS) is 11.5. The van der Waals surface area contributed by atoms with Gasteiger partial charge in [-0.25, -0.2) is 0 Å². The van der Waals surface area contributed by atoms with Crippen LogP contribution in [0.4, 0.5) is 0 Å². The summed E-state index contributed by atoms with van der Waals surface area (Å²) in [5, 5.41) is 22.5. The molecule has 0 aliphatic carbocycles. The van der Waals surface area contributed by atoms with E-state index >= 15 is 0 Å². The maximum Gasteiger partial charge on any atom is 0.124 e. The van der Waals surface area contributed by atoms with Gasteiger partial charge >= 0.3 is 0 Å². The highest BCUT2D eigenvalue weighted by Gasteiger charge is 1.95. The van der Waals surface area contributed by atoms with Crippen LogP contribution in [0.1, 0.15) is 17.5 Å². The summed E-state index contributed by atoms with van der Waals surface area (Å²) < 4.78 is 0. The van der Waals surface area contributed by atoms with Crippen LogP contribution < -0.4 is 5.32 Å². The van der Waals surface area contributed by atoms with E-state index in [2.05, 4.69) is 15.3 Å². The molecule has 0 aromatic heterocycles.